The van der Waals surface area contributed by atoms with E-state index in [4.69, 9.17) is 0 Å². The average molecular weight is 476 g/mol. The molecule has 2 aliphatic carbocycles. The minimum Gasteiger partial charge on any atom is -0.321 e. The van der Waals surface area contributed by atoms with E-state index in [1.165, 1.54) is 6.07 Å². The van der Waals surface area contributed by atoms with E-state index in [9.17, 15) is 22.8 Å². The Balaban J connectivity index is 1.28. The van der Waals surface area contributed by atoms with Crippen molar-refractivity contribution in [1.29, 1.82) is 0 Å². The first-order valence-corrected chi connectivity index (χ1v) is 13.1. The molecule has 172 valence electrons. The topological polar surface area (TPSA) is 115 Å². The number of hydrogen-bond donors (Lipinski definition) is 1. The molecule has 2 heterocycles. The number of sulfone groups is 1. The summed E-state index contributed by atoms with van der Waals surface area (Å²) in [5, 5.41) is 7.26. The molecule has 9 heteroatoms. The zero-order chi connectivity index (χ0) is 23.6. The third kappa shape index (κ3) is 3.47. The largest absolute Gasteiger partial charge is 0.321 e. The number of benzene rings is 2. The third-order valence-electron chi connectivity index (χ3n) is 6.73. The van der Waals surface area contributed by atoms with Gasteiger partial charge in [-0.1, -0.05) is 24.3 Å². The van der Waals surface area contributed by atoms with E-state index in [-0.39, 0.29) is 40.4 Å². The van der Waals surface area contributed by atoms with Gasteiger partial charge in [-0.05, 0) is 43.5 Å². The van der Waals surface area contributed by atoms with Crippen LogP contribution in [-0.4, -0.2) is 47.2 Å². The Morgan fingerprint density at radius 3 is 2.24 bits per heavy atom. The van der Waals surface area contributed by atoms with Crippen LogP contribution in [0.15, 0.2) is 48.5 Å². The number of ketones is 2. The molecule has 1 saturated carbocycles. The van der Waals surface area contributed by atoms with Gasteiger partial charge in [0.05, 0.1) is 17.5 Å². The number of nitrogens with one attached hydrogen (secondary N) is 1. The number of carbonyl (C=O) groups is 3. The lowest BCUT2D eigenvalue weighted by atomic mass is 9.84. The molecule has 2 fully saturated rings. The smallest absolute Gasteiger partial charge is 0.276 e. The van der Waals surface area contributed by atoms with Crippen LogP contribution in [0.25, 0.3) is 0 Å². The number of fused-ring (bicyclic) bond motifs is 2. The maximum atomic E-state index is 13.0. The Hall–Kier alpha value is -3.59. The highest BCUT2D eigenvalue weighted by Gasteiger charge is 2.36. The van der Waals surface area contributed by atoms with Gasteiger partial charge in [0, 0.05) is 39.6 Å². The minimum absolute atomic E-state index is 0.0396. The Morgan fingerprint density at radius 2 is 1.59 bits per heavy atom. The number of carbonyl (C=O) groups excluding carboxylic acids is 3. The number of rotatable bonds is 4. The van der Waals surface area contributed by atoms with Gasteiger partial charge in [0.25, 0.3) is 5.91 Å². The van der Waals surface area contributed by atoms with Gasteiger partial charge in [-0.2, -0.15) is 5.10 Å². The van der Waals surface area contributed by atoms with E-state index in [2.05, 4.69) is 10.4 Å². The summed E-state index contributed by atoms with van der Waals surface area (Å²) in [4.78, 5) is 38.8. The van der Waals surface area contributed by atoms with Gasteiger partial charge in [0.15, 0.2) is 27.1 Å². The zero-order valence-corrected chi connectivity index (χ0v) is 19.0. The quantitative estimate of drug-likeness (QED) is 0.485. The molecule has 1 aliphatic heterocycles. The normalized spacial score (nSPS) is 20.6. The molecule has 0 spiro atoms. The van der Waals surface area contributed by atoms with Gasteiger partial charge in [0.2, 0.25) is 0 Å². The van der Waals surface area contributed by atoms with Crippen LogP contribution in [-0.2, 0) is 9.84 Å². The predicted molar refractivity (Wildman–Crippen MR) is 124 cm³/mol. The summed E-state index contributed by atoms with van der Waals surface area (Å²) >= 11 is 0. The number of anilines is 1. The van der Waals surface area contributed by atoms with Crippen LogP contribution >= 0.6 is 0 Å². The van der Waals surface area contributed by atoms with E-state index in [0.29, 0.717) is 34.7 Å². The van der Waals surface area contributed by atoms with E-state index in [1.807, 2.05) is 0 Å². The third-order valence-corrected chi connectivity index (χ3v) is 8.48. The van der Waals surface area contributed by atoms with Crippen LogP contribution in [0.1, 0.15) is 79.2 Å². The van der Waals surface area contributed by atoms with Crippen molar-refractivity contribution in [3.05, 3.63) is 82.2 Å². The van der Waals surface area contributed by atoms with Crippen molar-refractivity contribution < 1.29 is 22.8 Å². The fourth-order valence-corrected chi connectivity index (χ4v) is 6.53. The number of hydrogen-bond acceptors (Lipinski definition) is 6. The number of amides is 1. The summed E-state index contributed by atoms with van der Waals surface area (Å²) in [6.07, 6.45) is 2.48. The molecule has 8 nitrogen and oxygen atoms in total. The Morgan fingerprint density at radius 1 is 0.912 bits per heavy atom. The molecule has 2 aromatic carbocycles. The first-order valence-electron chi connectivity index (χ1n) is 11.2. The van der Waals surface area contributed by atoms with Gasteiger partial charge in [-0.25, -0.2) is 8.42 Å². The van der Waals surface area contributed by atoms with Crippen LogP contribution in [0.2, 0.25) is 0 Å². The lowest BCUT2D eigenvalue weighted by Crippen LogP contribution is -2.21. The SMILES string of the molecule is O=C(Nc1ccc2c(c1)C(=O)c1ccccc1C2=O)c1cc(C2CC2)n(C2CCS(=O)(=O)C2)n1. The fraction of sp³-hybridized carbons (Fsp3) is 0.280. The molecule has 1 amide bonds. The second-order valence-corrected chi connectivity index (χ2v) is 11.4. The van der Waals surface area contributed by atoms with Crippen molar-refractivity contribution in [3.63, 3.8) is 0 Å². The summed E-state index contributed by atoms with van der Waals surface area (Å²) in [5.41, 5.74) is 2.78. The van der Waals surface area contributed by atoms with E-state index in [1.54, 1.807) is 47.1 Å². The molecular weight excluding hydrogens is 454 g/mol. The van der Waals surface area contributed by atoms with Gasteiger partial charge >= 0.3 is 0 Å². The molecule has 1 saturated heterocycles. The van der Waals surface area contributed by atoms with Crippen LogP contribution in [0.4, 0.5) is 5.69 Å². The Bertz CT molecular complexity index is 1500. The van der Waals surface area contributed by atoms with Crippen molar-refractivity contribution in [1.82, 2.24) is 9.78 Å². The summed E-state index contributed by atoms with van der Waals surface area (Å²) in [5.74, 6) is -0.459. The van der Waals surface area contributed by atoms with Crippen LogP contribution in [0.5, 0.6) is 0 Å². The number of nitrogens with zero attached hydrogens (tertiary/aromatic N) is 2. The highest BCUT2D eigenvalue weighted by molar-refractivity contribution is 7.91. The second kappa shape index (κ2) is 7.46. The van der Waals surface area contributed by atoms with Crippen molar-refractivity contribution in [2.45, 2.75) is 31.2 Å². The Labute approximate surface area is 195 Å². The standard InChI is InChI=1S/C25H21N3O5S/c29-23-17-3-1-2-4-18(17)24(30)20-11-15(7-8-19(20)23)26-25(31)21-12-22(14-5-6-14)28(27-21)16-9-10-34(32,33)13-16/h1-4,7-8,11-12,14,16H,5-6,9-10,13H2,(H,26,31). The molecule has 0 radical (unpaired) electrons. The summed E-state index contributed by atoms with van der Waals surface area (Å²) in [6, 6.07) is 12.8. The molecule has 3 aliphatic rings. The molecule has 0 bridgehead atoms. The first kappa shape index (κ1) is 21.0. The summed E-state index contributed by atoms with van der Waals surface area (Å²) in [6.45, 7) is 0. The minimum atomic E-state index is -3.09. The van der Waals surface area contributed by atoms with Crippen LogP contribution in [0.3, 0.4) is 0 Å². The van der Waals surface area contributed by atoms with Crippen LogP contribution in [0, 0.1) is 0 Å². The van der Waals surface area contributed by atoms with Gasteiger partial charge in [0.1, 0.15) is 0 Å². The second-order valence-electron chi connectivity index (χ2n) is 9.15. The molecule has 3 aromatic rings. The van der Waals surface area contributed by atoms with Crippen molar-refractivity contribution in [2.24, 2.45) is 0 Å². The van der Waals surface area contributed by atoms with Crippen LogP contribution < -0.4 is 5.32 Å². The maximum Gasteiger partial charge on any atom is 0.276 e. The zero-order valence-electron chi connectivity index (χ0n) is 18.2. The lowest BCUT2D eigenvalue weighted by Gasteiger charge is -2.18. The highest BCUT2D eigenvalue weighted by Crippen LogP contribution is 2.42. The molecule has 1 aromatic heterocycles. The van der Waals surface area contributed by atoms with Crippen molar-refractivity contribution in [2.75, 3.05) is 16.8 Å². The van der Waals surface area contributed by atoms with Crippen molar-refractivity contribution in [3.8, 4) is 0 Å². The Kier molecular flexibility index (Phi) is 4.60. The lowest BCUT2D eigenvalue weighted by molar-refractivity contribution is 0.0979. The maximum absolute atomic E-state index is 13.0. The van der Waals surface area contributed by atoms with E-state index >= 15 is 0 Å². The molecular formula is C25H21N3O5S. The molecule has 1 N–H and O–H groups in total. The summed E-state index contributed by atoms with van der Waals surface area (Å²) < 4.78 is 25.7. The molecule has 6 rings (SSSR count). The fourth-order valence-electron chi connectivity index (χ4n) is 4.84. The van der Waals surface area contributed by atoms with Gasteiger partial charge in [-0.15, -0.1) is 0 Å². The molecule has 34 heavy (non-hydrogen) atoms. The number of aromatic nitrogens is 2. The molecule has 1 atom stereocenters. The van der Waals surface area contributed by atoms with Gasteiger partial charge in [-0.3, -0.25) is 19.1 Å². The van der Waals surface area contributed by atoms with Gasteiger partial charge < -0.3 is 5.32 Å². The highest BCUT2D eigenvalue weighted by atomic mass is 32.2. The first-order chi connectivity index (χ1) is 16.3. The van der Waals surface area contributed by atoms with Crippen molar-refractivity contribution >= 4 is 33.0 Å². The van der Waals surface area contributed by atoms with E-state index in [0.717, 1.165) is 18.5 Å². The average Bonchev–Trinajstić information content (AvgIpc) is 3.47. The predicted octanol–water partition coefficient (Wildman–Crippen LogP) is 3.15. The van der Waals surface area contributed by atoms with E-state index < -0.39 is 15.7 Å². The molecule has 1 unspecified atom stereocenters. The monoisotopic (exact) mass is 475 g/mol. The summed E-state index contributed by atoms with van der Waals surface area (Å²) in [7, 11) is -3.09.